The van der Waals surface area contributed by atoms with Gasteiger partial charge >= 0.3 is 0 Å². The van der Waals surface area contributed by atoms with Crippen LogP contribution >= 0.6 is 11.3 Å². The van der Waals surface area contributed by atoms with Gasteiger partial charge in [0.1, 0.15) is 11.2 Å². The molecular formula is C56H36N2OS. The van der Waals surface area contributed by atoms with Crippen LogP contribution in [0.5, 0.6) is 0 Å². The van der Waals surface area contributed by atoms with Gasteiger partial charge in [0.15, 0.2) is 0 Å². The summed E-state index contributed by atoms with van der Waals surface area (Å²) in [6, 6.07) is 78.6. The van der Waals surface area contributed by atoms with Crippen LogP contribution in [0.4, 0.5) is 34.1 Å². The molecule has 0 N–H and O–H groups in total. The summed E-state index contributed by atoms with van der Waals surface area (Å²) in [5, 5.41) is 10.0. The zero-order valence-electron chi connectivity index (χ0n) is 32.5. The van der Waals surface area contributed by atoms with Crippen LogP contribution in [0.2, 0.25) is 0 Å². The summed E-state index contributed by atoms with van der Waals surface area (Å²) in [5.74, 6) is 0. The number of hydrogen-bond acceptors (Lipinski definition) is 4. The SMILES string of the molecule is c1ccc(N(c2ccccc2)c2ccc(N(c3ccc(-c4ccc5oc6ccccc6c5c4)cc3)c3ccc4c(c3)c3ccccc3c3c5ccccc5sc43)cc2)cc1. The molecule has 0 unspecified atom stereocenters. The Morgan fingerprint density at radius 1 is 0.300 bits per heavy atom. The Labute approximate surface area is 351 Å². The molecule has 12 aromatic rings. The van der Waals surface area contributed by atoms with E-state index < -0.39 is 0 Å². The van der Waals surface area contributed by atoms with E-state index in [-0.39, 0.29) is 0 Å². The fourth-order valence-corrected chi connectivity index (χ4v) is 10.3. The molecule has 0 fully saturated rings. The molecule has 0 aliphatic heterocycles. The fraction of sp³-hybridized carbons (Fsp3) is 0. The van der Waals surface area contributed by atoms with Crippen molar-refractivity contribution in [1.82, 2.24) is 0 Å². The Bertz CT molecular complexity index is 3500. The molecule has 12 rings (SSSR count). The number of fused-ring (bicyclic) bond motifs is 11. The number of para-hydroxylation sites is 3. The molecule has 3 nitrogen and oxygen atoms in total. The summed E-state index contributed by atoms with van der Waals surface area (Å²) in [6.45, 7) is 0. The second-order valence-electron chi connectivity index (χ2n) is 15.3. The second kappa shape index (κ2) is 14.0. The Morgan fingerprint density at radius 2 is 0.800 bits per heavy atom. The van der Waals surface area contributed by atoms with Crippen molar-refractivity contribution < 1.29 is 4.42 Å². The lowest BCUT2D eigenvalue weighted by Crippen LogP contribution is -2.12. The third-order valence-electron chi connectivity index (χ3n) is 11.8. The van der Waals surface area contributed by atoms with E-state index >= 15 is 0 Å². The molecule has 0 radical (unpaired) electrons. The van der Waals surface area contributed by atoms with Gasteiger partial charge in [-0.05, 0) is 124 Å². The van der Waals surface area contributed by atoms with Gasteiger partial charge in [-0.15, -0.1) is 11.3 Å². The van der Waals surface area contributed by atoms with Crippen LogP contribution in [0.3, 0.4) is 0 Å². The minimum absolute atomic E-state index is 0.904. The maximum absolute atomic E-state index is 6.15. The van der Waals surface area contributed by atoms with Gasteiger partial charge in [0.05, 0.1) is 0 Å². The van der Waals surface area contributed by atoms with E-state index in [2.05, 4.69) is 216 Å². The van der Waals surface area contributed by atoms with Crippen molar-refractivity contribution in [3.05, 3.63) is 218 Å². The van der Waals surface area contributed by atoms with E-state index in [1.165, 1.54) is 41.7 Å². The number of furan rings is 1. The normalized spacial score (nSPS) is 11.7. The van der Waals surface area contributed by atoms with Gasteiger partial charge in [-0.25, -0.2) is 0 Å². The predicted molar refractivity (Wildman–Crippen MR) is 256 cm³/mol. The highest BCUT2D eigenvalue weighted by molar-refractivity contribution is 7.27. The van der Waals surface area contributed by atoms with Crippen molar-refractivity contribution in [3.8, 4) is 11.1 Å². The molecule has 2 heterocycles. The molecule has 0 aliphatic carbocycles. The lowest BCUT2D eigenvalue weighted by molar-refractivity contribution is 0.669. The third kappa shape index (κ3) is 5.65. The Hall–Kier alpha value is -7.66. The van der Waals surface area contributed by atoms with Crippen molar-refractivity contribution in [2.75, 3.05) is 9.80 Å². The molecule has 2 aromatic heterocycles. The molecular weight excluding hydrogens is 749 g/mol. The van der Waals surface area contributed by atoms with Gasteiger partial charge < -0.3 is 14.2 Å². The van der Waals surface area contributed by atoms with Gasteiger partial charge in [0.25, 0.3) is 0 Å². The van der Waals surface area contributed by atoms with Crippen molar-refractivity contribution in [1.29, 1.82) is 0 Å². The largest absolute Gasteiger partial charge is 0.456 e. The molecule has 0 spiro atoms. The van der Waals surface area contributed by atoms with E-state index in [4.69, 9.17) is 4.42 Å². The van der Waals surface area contributed by atoms with Crippen molar-refractivity contribution in [2.24, 2.45) is 0 Å². The van der Waals surface area contributed by atoms with Gasteiger partial charge in [-0.1, -0.05) is 121 Å². The summed E-state index contributed by atoms with van der Waals surface area (Å²) in [5.41, 5.74) is 10.7. The molecule has 4 heteroatoms. The first-order valence-electron chi connectivity index (χ1n) is 20.3. The maximum atomic E-state index is 6.15. The van der Waals surface area contributed by atoms with Gasteiger partial charge in [0, 0.05) is 70.5 Å². The zero-order valence-corrected chi connectivity index (χ0v) is 33.3. The topological polar surface area (TPSA) is 19.6 Å². The predicted octanol–water partition coefficient (Wildman–Crippen LogP) is 16.9. The number of rotatable bonds is 7. The van der Waals surface area contributed by atoms with Gasteiger partial charge in [-0.2, -0.15) is 0 Å². The van der Waals surface area contributed by atoms with E-state index in [1.807, 2.05) is 23.5 Å². The first-order valence-corrected chi connectivity index (χ1v) is 21.1. The van der Waals surface area contributed by atoms with Crippen LogP contribution in [-0.4, -0.2) is 0 Å². The molecule has 0 amide bonds. The lowest BCUT2D eigenvalue weighted by atomic mass is 9.96. The zero-order chi connectivity index (χ0) is 39.6. The molecule has 0 atom stereocenters. The van der Waals surface area contributed by atoms with Gasteiger partial charge in [0.2, 0.25) is 0 Å². The van der Waals surface area contributed by atoms with Crippen LogP contribution in [0.1, 0.15) is 0 Å². The maximum Gasteiger partial charge on any atom is 0.135 e. The molecule has 0 aliphatic rings. The minimum Gasteiger partial charge on any atom is -0.456 e. The minimum atomic E-state index is 0.904. The number of nitrogens with zero attached hydrogens (tertiary/aromatic N) is 2. The number of anilines is 6. The van der Waals surface area contributed by atoms with E-state index in [0.29, 0.717) is 0 Å². The molecule has 0 saturated heterocycles. The molecule has 0 saturated carbocycles. The highest BCUT2D eigenvalue weighted by Crippen LogP contribution is 2.47. The van der Waals surface area contributed by atoms with Crippen molar-refractivity contribution >= 4 is 109 Å². The molecule has 0 bridgehead atoms. The van der Waals surface area contributed by atoms with Crippen molar-refractivity contribution in [3.63, 3.8) is 0 Å². The van der Waals surface area contributed by atoms with E-state index in [1.54, 1.807) is 0 Å². The summed E-state index contributed by atoms with van der Waals surface area (Å²) in [6.07, 6.45) is 0. The molecule has 60 heavy (non-hydrogen) atoms. The summed E-state index contributed by atoms with van der Waals surface area (Å²) in [7, 11) is 0. The first-order chi connectivity index (χ1) is 29.7. The lowest BCUT2D eigenvalue weighted by Gasteiger charge is -2.28. The fourth-order valence-electron chi connectivity index (χ4n) is 9.04. The summed E-state index contributed by atoms with van der Waals surface area (Å²) in [4.78, 5) is 4.69. The quantitative estimate of drug-likeness (QED) is 0.150. The van der Waals surface area contributed by atoms with Crippen LogP contribution in [0.25, 0.3) is 74.8 Å². The van der Waals surface area contributed by atoms with Crippen LogP contribution < -0.4 is 9.80 Å². The summed E-state index contributed by atoms with van der Waals surface area (Å²) >= 11 is 1.89. The van der Waals surface area contributed by atoms with E-state index in [0.717, 1.165) is 67.2 Å². The Morgan fingerprint density at radius 3 is 1.50 bits per heavy atom. The van der Waals surface area contributed by atoms with Crippen LogP contribution in [0.15, 0.2) is 223 Å². The average Bonchev–Trinajstić information content (AvgIpc) is 3.90. The standard InChI is InChI=1S/C56H36N2OS/c1-3-13-39(14-4-1)57(40-15-5-2-6-16-40)42-28-30-43(31-29-42)58(41-26-23-37(24-27-41)38-25-34-53-51(35-38)46-18-9-11-21-52(46)59-53)44-32-33-48-50(36-44)45-17-7-8-19-47(45)55-49-20-10-12-22-54(49)60-56(48)55/h1-36H. The Kier molecular flexibility index (Phi) is 8.03. The average molecular weight is 785 g/mol. The highest BCUT2D eigenvalue weighted by Gasteiger charge is 2.20. The number of thiophene rings is 1. The van der Waals surface area contributed by atoms with Gasteiger partial charge in [-0.3, -0.25) is 0 Å². The third-order valence-corrected chi connectivity index (χ3v) is 13.0. The van der Waals surface area contributed by atoms with Crippen LogP contribution in [0, 0.1) is 0 Å². The first kappa shape index (κ1) is 34.4. The highest BCUT2D eigenvalue weighted by atomic mass is 32.1. The molecule has 282 valence electrons. The number of benzene rings is 10. The summed E-state index contributed by atoms with van der Waals surface area (Å²) < 4.78 is 8.80. The van der Waals surface area contributed by atoms with E-state index in [9.17, 15) is 0 Å². The Balaban J connectivity index is 1.02. The number of hydrogen-bond donors (Lipinski definition) is 0. The second-order valence-corrected chi connectivity index (χ2v) is 16.3. The van der Waals surface area contributed by atoms with Crippen LogP contribution in [-0.2, 0) is 0 Å². The molecule has 10 aromatic carbocycles. The smallest absolute Gasteiger partial charge is 0.135 e. The monoisotopic (exact) mass is 784 g/mol. The van der Waals surface area contributed by atoms with Crippen molar-refractivity contribution in [2.45, 2.75) is 0 Å².